The van der Waals surface area contributed by atoms with Gasteiger partial charge in [-0.2, -0.15) is 13.2 Å². The molecule has 1 unspecified atom stereocenters. The summed E-state index contributed by atoms with van der Waals surface area (Å²) >= 11 is 0. The molecule has 1 heterocycles. The van der Waals surface area contributed by atoms with E-state index in [4.69, 9.17) is 5.41 Å². The number of alkyl halides is 3. The van der Waals surface area contributed by atoms with Gasteiger partial charge in [-0.3, -0.25) is 5.41 Å². The van der Waals surface area contributed by atoms with Gasteiger partial charge in [0, 0.05) is 12.6 Å². The molecule has 1 aliphatic heterocycles. The van der Waals surface area contributed by atoms with Gasteiger partial charge in [0.15, 0.2) is 0 Å². The quantitative estimate of drug-likeness (QED) is 0.766. The highest BCUT2D eigenvalue weighted by Gasteiger charge is 2.38. The first-order valence-corrected chi connectivity index (χ1v) is 7.38. The van der Waals surface area contributed by atoms with E-state index in [0.717, 1.165) is 0 Å². The third-order valence-electron chi connectivity index (χ3n) is 4.17. The molecule has 1 aliphatic rings. The summed E-state index contributed by atoms with van der Waals surface area (Å²) in [4.78, 5) is 1.39. The van der Waals surface area contributed by atoms with Crippen LogP contribution in [0.25, 0.3) is 5.57 Å². The molecular formula is C18H14F4N2O. The predicted molar refractivity (Wildman–Crippen MR) is 85.6 cm³/mol. The second-order valence-corrected chi connectivity index (χ2v) is 5.73. The normalized spacial score (nSPS) is 18.2. The molecule has 0 saturated carbocycles. The fourth-order valence-corrected chi connectivity index (χ4v) is 2.92. The summed E-state index contributed by atoms with van der Waals surface area (Å²) in [5.41, 5.74) is -1.07. The lowest BCUT2D eigenvalue weighted by molar-refractivity contribution is -0.137. The van der Waals surface area contributed by atoms with Crippen LogP contribution >= 0.6 is 0 Å². The van der Waals surface area contributed by atoms with Gasteiger partial charge in [-0.15, -0.1) is 0 Å². The second-order valence-electron chi connectivity index (χ2n) is 5.73. The first-order chi connectivity index (χ1) is 11.7. The van der Waals surface area contributed by atoms with E-state index in [1.165, 1.54) is 11.9 Å². The number of nitrogens with zero attached hydrogens (tertiary/aromatic N) is 1. The number of aliphatic hydroxyl groups excluding tert-OH is 1. The number of likely N-dealkylation sites (N-methyl/N-ethyl adjacent to an activating group) is 1. The second kappa shape index (κ2) is 5.91. The first-order valence-electron chi connectivity index (χ1n) is 7.38. The highest BCUT2D eigenvalue weighted by molar-refractivity contribution is 6.24. The van der Waals surface area contributed by atoms with Gasteiger partial charge in [0.25, 0.3) is 0 Å². The highest BCUT2D eigenvalue weighted by atomic mass is 19.4. The zero-order valence-corrected chi connectivity index (χ0v) is 13.1. The molecule has 2 aromatic carbocycles. The maximum atomic E-state index is 14.2. The molecule has 0 spiro atoms. The number of hydrogen-bond donors (Lipinski definition) is 2. The van der Waals surface area contributed by atoms with E-state index in [1.54, 1.807) is 30.3 Å². The molecule has 0 saturated heterocycles. The van der Waals surface area contributed by atoms with E-state index >= 15 is 0 Å². The van der Waals surface area contributed by atoms with Crippen LogP contribution in [0.2, 0.25) is 0 Å². The van der Waals surface area contributed by atoms with Crippen LogP contribution in [0.4, 0.5) is 17.6 Å². The average Bonchev–Trinajstić information content (AvgIpc) is 2.78. The van der Waals surface area contributed by atoms with Crippen LogP contribution in [-0.4, -0.2) is 22.9 Å². The molecule has 2 N–H and O–H groups in total. The predicted octanol–water partition coefficient (Wildman–Crippen LogP) is 4.78. The van der Waals surface area contributed by atoms with Gasteiger partial charge in [0.2, 0.25) is 0 Å². The van der Waals surface area contributed by atoms with Gasteiger partial charge in [-0.25, -0.2) is 4.39 Å². The summed E-state index contributed by atoms with van der Waals surface area (Å²) < 4.78 is 53.0. The van der Waals surface area contributed by atoms with Crippen molar-refractivity contribution in [2.75, 3.05) is 7.05 Å². The van der Waals surface area contributed by atoms with E-state index in [-0.39, 0.29) is 17.2 Å². The van der Waals surface area contributed by atoms with Crippen molar-refractivity contribution in [1.29, 1.82) is 5.41 Å². The summed E-state index contributed by atoms with van der Waals surface area (Å²) in [5.74, 6) is -1.53. The molecule has 2 aromatic rings. The van der Waals surface area contributed by atoms with Crippen LogP contribution in [0.5, 0.6) is 0 Å². The van der Waals surface area contributed by atoms with Gasteiger partial charge < -0.3 is 10.0 Å². The van der Waals surface area contributed by atoms with E-state index in [9.17, 15) is 22.7 Å². The first kappa shape index (κ1) is 17.0. The summed E-state index contributed by atoms with van der Waals surface area (Å²) in [6.45, 7) is 0. The molecule has 3 rings (SSSR count). The lowest BCUT2D eigenvalue weighted by Crippen LogP contribution is -2.25. The van der Waals surface area contributed by atoms with Gasteiger partial charge in [0.1, 0.15) is 23.5 Å². The maximum absolute atomic E-state index is 14.2. The van der Waals surface area contributed by atoms with Gasteiger partial charge in [-0.1, -0.05) is 30.3 Å². The van der Waals surface area contributed by atoms with E-state index in [1.807, 2.05) is 0 Å². The number of aliphatic hydroxyl groups is 1. The number of benzene rings is 2. The zero-order chi connectivity index (χ0) is 18.4. The van der Waals surface area contributed by atoms with Crippen molar-refractivity contribution in [2.45, 2.75) is 12.2 Å². The fourth-order valence-electron chi connectivity index (χ4n) is 2.92. The van der Waals surface area contributed by atoms with Gasteiger partial charge >= 0.3 is 6.18 Å². The van der Waals surface area contributed by atoms with Crippen LogP contribution in [0.1, 0.15) is 22.7 Å². The molecule has 0 amide bonds. The van der Waals surface area contributed by atoms with E-state index in [2.05, 4.69) is 0 Å². The number of hydrogen-bond acceptors (Lipinski definition) is 2. The van der Waals surface area contributed by atoms with Gasteiger partial charge in [-0.05, 0) is 23.8 Å². The SMILES string of the molecule is CN1C(=N)C(c2cc(C(F)(F)F)ccc2F)=C(O)C1c1ccccc1. The molecule has 3 nitrogen and oxygen atoms in total. The van der Waals surface area contributed by atoms with E-state index < -0.39 is 29.2 Å². The maximum Gasteiger partial charge on any atom is 0.416 e. The van der Waals surface area contributed by atoms with Crippen molar-refractivity contribution >= 4 is 11.4 Å². The Morgan fingerprint density at radius 1 is 1.08 bits per heavy atom. The standard InChI is InChI=1S/C18H14F4N2O/c1-24-15(10-5-3-2-4-6-10)16(25)14(17(24)23)12-9-11(18(20,21)22)7-8-13(12)19/h2-9,15,23,25H,1H3. The molecule has 7 heteroatoms. The molecule has 0 bridgehead atoms. The average molecular weight is 350 g/mol. The van der Waals surface area contributed by atoms with Crippen molar-refractivity contribution in [2.24, 2.45) is 0 Å². The Morgan fingerprint density at radius 2 is 1.72 bits per heavy atom. The summed E-state index contributed by atoms with van der Waals surface area (Å²) in [7, 11) is 1.52. The summed E-state index contributed by atoms with van der Waals surface area (Å²) in [6, 6.07) is 9.89. The number of nitrogens with one attached hydrogen (secondary N) is 1. The van der Waals surface area contributed by atoms with Crippen LogP contribution in [0, 0.1) is 11.2 Å². The largest absolute Gasteiger partial charge is 0.509 e. The number of amidine groups is 1. The summed E-state index contributed by atoms with van der Waals surface area (Å²) in [6.07, 6.45) is -4.65. The third-order valence-corrected chi connectivity index (χ3v) is 4.17. The summed E-state index contributed by atoms with van der Waals surface area (Å²) in [5, 5.41) is 18.7. The van der Waals surface area contributed by atoms with Crippen LogP contribution < -0.4 is 0 Å². The zero-order valence-electron chi connectivity index (χ0n) is 13.1. The van der Waals surface area contributed by atoms with Crippen molar-refractivity contribution in [1.82, 2.24) is 4.90 Å². The molecule has 0 aliphatic carbocycles. The van der Waals surface area contributed by atoms with Crippen LogP contribution in [0.15, 0.2) is 54.3 Å². The number of rotatable bonds is 2. The third kappa shape index (κ3) is 2.86. The van der Waals surface area contributed by atoms with Crippen molar-refractivity contribution in [3.8, 4) is 0 Å². The minimum absolute atomic E-state index is 0.236. The van der Waals surface area contributed by atoms with Gasteiger partial charge in [0.05, 0.1) is 11.1 Å². The molecule has 0 fully saturated rings. The smallest absolute Gasteiger partial charge is 0.416 e. The van der Waals surface area contributed by atoms with Crippen molar-refractivity contribution in [3.05, 3.63) is 76.8 Å². The monoisotopic (exact) mass is 350 g/mol. The Balaban J connectivity index is 2.16. The molecule has 1 atom stereocenters. The number of halogens is 4. The van der Waals surface area contributed by atoms with Crippen LogP contribution in [-0.2, 0) is 6.18 Å². The highest BCUT2D eigenvalue weighted by Crippen LogP contribution is 2.41. The lowest BCUT2D eigenvalue weighted by atomic mass is 9.99. The van der Waals surface area contributed by atoms with Crippen molar-refractivity contribution in [3.63, 3.8) is 0 Å². The molecule has 0 radical (unpaired) electrons. The van der Waals surface area contributed by atoms with Crippen LogP contribution in [0.3, 0.4) is 0 Å². The lowest BCUT2D eigenvalue weighted by Gasteiger charge is -2.22. The fraction of sp³-hybridized carbons (Fsp3) is 0.167. The molecule has 25 heavy (non-hydrogen) atoms. The van der Waals surface area contributed by atoms with E-state index in [0.29, 0.717) is 23.8 Å². The molecule has 130 valence electrons. The Labute approximate surface area is 141 Å². The molecule has 0 aromatic heterocycles. The minimum Gasteiger partial charge on any atom is -0.509 e. The minimum atomic E-state index is -4.65. The Morgan fingerprint density at radius 3 is 2.32 bits per heavy atom. The topological polar surface area (TPSA) is 47.3 Å². The van der Waals surface area contributed by atoms with Crippen molar-refractivity contribution < 1.29 is 22.7 Å². The Bertz CT molecular complexity index is 859. The Kier molecular flexibility index (Phi) is 4.02. The Hall–Kier alpha value is -2.83. The molecular weight excluding hydrogens is 336 g/mol.